The molecule has 0 unspecified atom stereocenters. The third kappa shape index (κ3) is 8.67. The number of benzene rings is 2. The number of rotatable bonds is 15. The van der Waals surface area contributed by atoms with Crippen molar-refractivity contribution in [1.29, 1.82) is 0 Å². The molecule has 0 saturated carbocycles. The zero-order chi connectivity index (χ0) is 35.3. The van der Waals surface area contributed by atoms with Crippen LogP contribution in [0.1, 0.15) is 65.0 Å². The van der Waals surface area contributed by atoms with E-state index >= 15 is 0 Å². The number of piperidine rings is 1. The molecule has 1 fully saturated rings. The molecule has 2 heterocycles. The van der Waals surface area contributed by atoms with E-state index in [4.69, 9.17) is 18.6 Å². The number of anilines is 1. The molecule has 0 amide bonds. The SMILES string of the molecule is COCCCN1CCOc2ccc(CO[C@H]3CNC[C@@H](O[Si](C(C)C)(C(C)C)C(C)C)[C@@H]3c3ccc(OS(=O)(=O)C(F)(F)F)cc3)cc21. The van der Waals surface area contributed by atoms with E-state index in [2.05, 4.69) is 62.0 Å². The van der Waals surface area contributed by atoms with Crippen LogP contribution in [0.2, 0.25) is 16.6 Å². The summed E-state index contributed by atoms with van der Waals surface area (Å²) in [7, 11) is -6.46. The van der Waals surface area contributed by atoms with Crippen LogP contribution >= 0.6 is 0 Å². The first-order valence-electron chi connectivity index (χ1n) is 16.7. The number of ether oxygens (including phenoxy) is 3. The molecule has 2 aliphatic heterocycles. The summed E-state index contributed by atoms with van der Waals surface area (Å²) in [6, 6.07) is 11.8. The molecule has 1 saturated heterocycles. The van der Waals surface area contributed by atoms with E-state index in [-0.39, 0.29) is 18.1 Å². The Labute approximate surface area is 284 Å². The fraction of sp³-hybridized carbons (Fsp3) is 0.647. The van der Waals surface area contributed by atoms with Crippen molar-refractivity contribution < 1.29 is 44.4 Å². The third-order valence-electron chi connectivity index (χ3n) is 9.53. The molecule has 0 bridgehead atoms. The van der Waals surface area contributed by atoms with Gasteiger partial charge in [-0.15, -0.1) is 0 Å². The molecule has 0 aromatic heterocycles. The summed E-state index contributed by atoms with van der Waals surface area (Å²) >= 11 is 0. The Morgan fingerprint density at radius 2 is 1.62 bits per heavy atom. The smallest absolute Gasteiger partial charge is 0.490 e. The second-order valence-electron chi connectivity index (χ2n) is 13.5. The Bertz CT molecular complexity index is 1420. The lowest BCUT2D eigenvalue weighted by atomic mass is 9.85. The largest absolute Gasteiger partial charge is 0.534 e. The van der Waals surface area contributed by atoms with Crippen molar-refractivity contribution in [3.63, 3.8) is 0 Å². The minimum Gasteiger partial charge on any atom is -0.490 e. The van der Waals surface area contributed by atoms with Crippen molar-refractivity contribution in [1.82, 2.24) is 5.32 Å². The van der Waals surface area contributed by atoms with E-state index in [1.54, 1.807) is 19.2 Å². The molecule has 2 aliphatic rings. The molecule has 3 atom stereocenters. The van der Waals surface area contributed by atoms with Gasteiger partial charge in [0.15, 0.2) is 0 Å². The Kier molecular flexibility index (Phi) is 12.9. The molecule has 0 radical (unpaired) electrons. The average molecular weight is 717 g/mol. The number of hydrogen-bond acceptors (Lipinski definition) is 9. The fourth-order valence-electron chi connectivity index (χ4n) is 7.40. The zero-order valence-electron chi connectivity index (χ0n) is 29.0. The van der Waals surface area contributed by atoms with Gasteiger partial charge in [0.05, 0.1) is 31.0 Å². The molecule has 1 N–H and O–H groups in total. The van der Waals surface area contributed by atoms with Crippen molar-refractivity contribution in [3.8, 4) is 11.5 Å². The van der Waals surface area contributed by atoms with Crippen LogP contribution in [0, 0.1) is 0 Å². The van der Waals surface area contributed by atoms with Crippen LogP contribution in [-0.4, -0.2) is 81.0 Å². The van der Waals surface area contributed by atoms with Crippen LogP contribution in [-0.2, 0) is 30.6 Å². The predicted molar refractivity (Wildman–Crippen MR) is 183 cm³/mol. The molecule has 0 spiro atoms. The standard InChI is InChI=1S/C34H51F3N2O7SSi/c1-23(2)48(24(3)4,25(5)6)46-32-21-38-20-31(33(32)27-10-12-28(13-11-27)45-47(40,41)34(35,36)37)44-22-26-9-14-30-29(19-26)39(16-18-43-30)15-8-17-42-7/h9-14,19,23-25,31-33,38H,8,15-18,20-22H2,1-7H3/t31-,32+,33+/m0/s1. The van der Waals surface area contributed by atoms with Gasteiger partial charge in [-0.05, 0) is 58.4 Å². The Morgan fingerprint density at radius 1 is 0.979 bits per heavy atom. The van der Waals surface area contributed by atoms with Gasteiger partial charge < -0.3 is 33.0 Å². The lowest BCUT2D eigenvalue weighted by molar-refractivity contribution is -0.0500. The van der Waals surface area contributed by atoms with Gasteiger partial charge in [-0.1, -0.05) is 59.7 Å². The van der Waals surface area contributed by atoms with E-state index in [1.807, 2.05) is 12.1 Å². The summed E-state index contributed by atoms with van der Waals surface area (Å²) in [6.45, 7) is 17.7. The number of alkyl halides is 3. The van der Waals surface area contributed by atoms with Gasteiger partial charge in [0.1, 0.15) is 18.1 Å². The topological polar surface area (TPSA) is 95.6 Å². The van der Waals surface area contributed by atoms with Crippen LogP contribution in [0.4, 0.5) is 18.9 Å². The number of nitrogens with zero attached hydrogens (tertiary/aromatic N) is 1. The van der Waals surface area contributed by atoms with Crippen molar-refractivity contribution in [2.45, 2.75) is 94.8 Å². The molecule has 270 valence electrons. The first kappa shape index (κ1) is 38.4. The maximum absolute atomic E-state index is 13.0. The average Bonchev–Trinajstić information content (AvgIpc) is 3.02. The van der Waals surface area contributed by atoms with Gasteiger partial charge in [0.2, 0.25) is 8.32 Å². The third-order valence-corrected chi connectivity index (χ3v) is 16.6. The first-order valence-corrected chi connectivity index (χ1v) is 20.3. The highest BCUT2D eigenvalue weighted by molar-refractivity contribution is 7.88. The Balaban J connectivity index is 1.63. The van der Waals surface area contributed by atoms with Gasteiger partial charge in [0.25, 0.3) is 0 Å². The molecule has 14 heteroatoms. The summed E-state index contributed by atoms with van der Waals surface area (Å²) in [4.78, 5) is 2.30. The highest BCUT2D eigenvalue weighted by Crippen LogP contribution is 2.46. The van der Waals surface area contributed by atoms with E-state index in [9.17, 15) is 21.6 Å². The molecule has 0 aliphatic carbocycles. The number of hydrogen-bond donors (Lipinski definition) is 1. The summed E-state index contributed by atoms with van der Waals surface area (Å²) in [5, 5.41) is 3.51. The van der Waals surface area contributed by atoms with Crippen molar-refractivity contribution in [2.24, 2.45) is 0 Å². The van der Waals surface area contributed by atoms with Gasteiger partial charge in [-0.25, -0.2) is 0 Å². The lowest BCUT2D eigenvalue weighted by Crippen LogP contribution is -2.58. The van der Waals surface area contributed by atoms with E-state index in [0.29, 0.717) is 49.5 Å². The molecular weight excluding hydrogens is 666 g/mol. The van der Waals surface area contributed by atoms with E-state index < -0.39 is 29.7 Å². The minimum atomic E-state index is -5.79. The van der Waals surface area contributed by atoms with E-state index in [1.165, 1.54) is 12.1 Å². The summed E-state index contributed by atoms with van der Waals surface area (Å²) < 4.78 is 91.8. The van der Waals surface area contributed by atoms with Crippen molar-refractivity contribution in [3.05, 3.63) is 53.6 Å². The second-order valence-corrected chi connectivity index (χ2v) is 20.5. The predicted octanol–water partition coefficient (Wildman–Crippen LogP) is 6.98. The number of nitrogens with one attached hydrogen (secondary N) is 1. The maximum Gasteiger partial charge on any atom is 0.534 e. The molecule has 2 aromatic carbocycles. The zero-order valence-corrected chi connectivity index (χ0v) is 30.8. The second kappa shape index (κ2) is 16.1. The lowest BCUT2D eigenvalue weighted by Gasteiger charge is -2.49. The fourth-order valence-corrected chi connectivity index (χ4v) is 13.4. The Hall–Kier alpha value is -2.36. The summed E-state index contributed by atoms with van der Waals surface area (Å²) in [5.41, 5.74) is -1.78. The van der Waals surface area contributed by atoms with Crippen LogP contribution in [0.25, 0.3) is 0 Å². The van der Waals surface area contributed by atoms with Crippen LogP contribution in [0.5, 0.6) is 11.5 Å². The van der Waals surface area contributed by atoms with Crippen LogP contribution < -0.4 is 19.1 Å². The quantitative estimate of drug-likeness (QED) is 0.0907. The normalized spacial score (nSPS) is 20.7. The number of methoxy groups -OCH3 is 1. The molecule has 9 nitrogen and oxygen atoms in total. The molecule has 2 aromatic rings. The molecule has 48 heavy (non-hydrogen) atoms. The van der Waals surface area contributed by atoms with Gasteiger partial charge in [-0.3, -0.25) is 0 Å². The highest BCUT2D eigenvalue weighted by Gasteiger charge is 2.50. The summed E-state index contributed by atoms with van der Waals surface area (Å²) in [6.07, 6.45) is 0.257. The first-order chi connectivity index (χ1) is 22.6. The molecular formula is C34H51F3N2O7SSi. The van der Waals surface area contributed by atoms with Crippen molar-refractivity contribution in [2.75, 3.05) is 51.4 Å². The van der Waals surface area contributed by atoms with Crippen molar-refractivity contribution >= 4 is 24.1 Å². The summed E-state index contributed by atoms with van der Waals surface area (Å²) in [5.74, 6) is 0.135. The van der Waals surface area contributed by atoms with Crippen LogP contribution in [0.15, 0.2) is 42.5 Å². The minimum absolute atomic E-state index is 0.283. The van der Waals surface area contributed by atoms with Gasteiger partial charge in [-0.2, -0.15) is 21.6 Å². The van der Waals surface area contributed by atoms with Gasteiger partial charge in [0, 0.05) is 39.3 Å². The molecule has 4 rings (SSSR count). The van der Waals surface area contributed by atoms with E-state index in [0.717, 1.165) is 42.1 Å². The van der Waals surface area contributed by atoms with Crippen LogP contribution in [0.3, 0.4) is 0 Å². The monoisotopic (exact) mass is 716 g/mol. The maximum atomic E-state index is 13.0. The van der Waals surface area contributed by atoms with Gasteiger partial charge >= 0.3 is 15.6 Å². The highest BCUT2D eigenvalue weighted by atomic mass is 32.2. The Morgan fingerprint density at radius 3 is 2.23 bits per heavy atom. The number of halogens is 3. The number of fused-ring (bicyclic) bond motifs is 1.